The molecule has 2 aliphatic heterocycles. The first-order chi connectivity index (χ1) is 10.8. The summed E-state index contributed by atoms with van der Waals surface area (Å²) in [5, 5.41) is 3.42. The molecule has 0 spiro atoms. The van der Waals surface area contributed by atoms with E-state index in [1.165, 1.54) is 29.7 Å². The zero-order valence-corrected chi connectivity index (χ0v) is 14.0. The summed E-state index contributed by atoms with van der Waals surface area (Å²) in [5.41, 5.74) is 4.35. The molecule has 22 heavy (non-hydrogen) atoms. The topological polar surface area (TPSA) is 27.7 Å². The second kappa shape index (κ2) is 7.44. The predicted molar refractivity (Wildman–Crippen MR) is 90.4 cm³/mol. The first kappa shape index (κ1) is 15.8. The summed E-state index contributed by atoms with van der Waals surface area (Å²) < 4.78 is 5.95. The molecule has 4 nitrogen and oxygen atoms in total. The summed E-state index contributed by atoms with van der Waals surface area (Å²) in [6.45, 7) is 13.9. The van der Waals surface area contributed by atoms with Crippen LogP contribution in [0.3, 0.4) is 0 Å². The van der Waals surface area contributed by atoms with E-state index < -0.39 is 0 Å². The molecule has 1 fully saturated rings. The molecule has 0 amide bonds. The summed E-state index contributed by atoms with van der Waals surface area (Å²) in [6.07, 6.45) is 1.17. The SMILES string of the molecule is CCOc1cc2c(cc1CN1CCNCC1)CCN(CC)C2. The number of fused-ring (bicyclic) bond motifs is 1. The fraction of sp³-hybridized carbons (Fsp3) is 0.667. The van der Waals surface area contributed by atoms with Crippen LogP contribution in [0.2, 0.25) is 0 Å². The van der Waals surface area contributed by atoms with Gasteiger partial charge in [0.25, 0.3) is 0 Å². The van der Waals surface area contributed by atoms with Crippen molar-refractivity contribution in [3.05, 3.63) is 28.8 Å². The molecule has 4 heteroatoms. The maximum absolute atomic E-state index is 5.95. The van der Waals surface area contributed by atoms with Crippen LogP contribution in [0.1, 0.15) is 30.5 Å². The molecule has 3 rings (SSSR count). The number of benzene rings is 1. The highest BCUT2D eigenvalue weighted by molar-refractivity contribution is 5.44. The Hall–Kier alpha value is -1.10. The van der Waals surface area contributed by atoms with Crippen LogP contribution in [0.15, 0.2) is 12.1 Å². The van der Waals surface area contributed by atoms with Crippen molar-refractivity contribution in [3.63, 3.8) is 0 Å². The van der Waals surface area contributed by atoms with Gasteiger partial charge < -0.3 is 10.1 Å². The third kappa shape index (κ3) is 3.62. The number of nitrogens with zero attached hydrogens (tertiary/aromatic N) is 2. The van der Waals surface area contributed by atoms with E-state index >= 15 is 0 Å². The first-order valence-corrected chi connectivity index (χ1v) is 8.73. The average Bonchev–Trinajstić information content (AvgIpc) is 2.56. The number of hydrogen-bond donors (Lipinski definition) is 1. The molecule has 122 valence electrons. The lowest BCUT2D eigenvalue weighted by molar-refractivity contribution is 0.227. The largest absolute Gasteiger partial charge is 0.494 e. The molecular weight excluding hydrogens is 274 g/mol. The third-order valence-electron chi connectivity index (χ3n) is 4.82. The molecule has 0 saturated carbocycles. The molecule has 2 heterocycles. The molecule has 1 aromatic rings. The fourth-order valence-corrected chi connectivity index (χ4v) is 3.49. The van der Waals surface area contributed by atoms with Gasteiger partial charge in [0.05, 0.1) is 6.61 Å². The maximum Gasteiger partial charge on any atom is 0.124 e. The lowest BCUT2D eigenvalue weighted by Crippen LogP contribution is -2.43. The smallest absolute Gasteiger partial charge is 0.124 e. The average molecular weight is 303 g/mol. The molecule has 0 atom stereocenters. The van der Waals surface area contributed by atoms with Gasteiger partial charge in [-0.15, -0.1) is 0 Å². The quantitative estimate of drug-likeness (QED) is 0.899. The minimum absolute atomic E-state index is 0.741. The van der Waals surface area contributed by atoms with E-state index in [1.807, 2.05) is 0 Å². The van der Waals surface area contributed by atoms with Gasteiger partial charge in [-0.2, -0.15) is 0 Å². The van der Waals surface area contributed by atoms with E-state index in [2.05, 4.69) is 41.1 Å². The normalized spacial score (nSPS) is 19.9. The summed E-state index contributed by atoms with van der Waals surface area (Å²) in [5.74, 6) is 1.10. The van der Waals surface area contributed by atoms with Gasteiger partial charge in [0, 0.05) is 51.4 Å². The van der Waals surface area contributed by atoms with Gasteiger partial charge in [-0.1, -0.05) is 13.0 Å². The summed E-state index contributed by atoms with van der Waals surface area (Å²) in [6, 6.07) is 4.72. The minimum Gasteiger partial charge on any atom is -0.494 e. The van der Waals surface area contributed by atoms with Crippen molar-refractivity contribution in [2.24, 2.45) is 0 Å². The van der Waals surface area contributed by atoms with Crippen molar-refractivity contribution < 1.29 is 4.74 Å². The summed E-state index contributed by atoms with van der Waals surface area (Å²) >= 11 is 0. The van der Waals surface area contributed by atoms with Crippen LogP contribution in [0, 0.1) is 0 Å². The second-order valence-electron chi connectivity index (χ2n) is 6.31. The number of piperazine rings is 1. The highest BCUT2D eigenvalue weighted by Gasteiger charge is 2.19. The number of hydrogen-bond acceptors (Lipinski definition) is 4. The van der Waals surface area contributed by atoms with E-state index in [-0.39, 0.29) is 0 Å². The maximum atomic E-state index is 5.95. The Balaban J connectivity index is 1.81. The Labute approximate surface area is 134 Å². The predicted octanol–water partition coefficient (Wildman–Crippen LogP) is 1.87. The lowest BCUT2D eigenvalue weighted by Gasteiger charge is -2.31. The second-order valence-corrected chi connectivity index (χ2v) is 6.31. The minimum atomic E-state index is 0.741. The van der Waals surface area contributed by atoms with Gasteiger partial charge in [-0.3, -0.25) is 9.80 Å². The third-order valence-corrected chi connectivity index (χ3v) is 4.82. The fourth-order valence-electron chi connectivity index (χ4n) is 3.49. The van der Waals surface area contributed by atoms with Crippen LogP contribution in [-0.4, -0.2) is 55.7 Å². The molecule has 0 unspecified atom stereocenters. The van der Waals surface area contributed by atoms with Gasteiger partial charge in [0.1, 0.15) is 5.75 Å². The van der Waals surface area contributed by atoms with Crippen LogP contribution in [0.25, 0.3) is 0 Å². The first-order valence-electron chi connectivity index (χ1n) is 8.73. The molecule has 1 N–H and O–H groups in total. The molecule has 0 aliphatic carbocycles. The molecule has 2 aliphatic rings. The van der Waals surface area contributed by atoms with Crippen molar-refractivity contribution in [3.8, 4) is 5.75 Å². The van der Waals surface area contributed by atoms with Crippen molar-refractivity contribution in [2.75, 3.05) is 45.9 Å². The Morgan fingerprint density at radius 3 is 2.59 bits per heavy atom. The molecule has 1 aromatic carbocycles. The standard InChI is InChI=1S/C18H29N3O/c1-3-20-8-5-15-11-17(14-21-9-6-19-7-10-21)18(22-4-2)12-16(15)13-20/h11-12,19H,3-10,13-14H2,1-2H3. The van der Waals surface area contributed by atoms with Gasteiger partial charge in [-0.05, 0) is 37.1 Å². The van der Waals surface area contributed by atoms with Crippen LogP contribution in [0.4, 0.5) is 0 Å². The Morgan fingerprint density at radius 1 is 1.05 bits per heavy atom. The van der Waals surface area contributed by atoms with Gasteiger partial charge in [0.2, 0.25) is 0 Å². The zero-order valence-electron chi connectivity index (χ0n) is 14.0. The molecule has 0 radical (unpaired) electrons. The Bertz CT molecular complexity index is 497. The van der Waals surface area contributed by atoms with Crippen molar-refractivity contribution >= 4 is 0 Å². The lowest BCUT2D eigenvalue weighted by atomic mass is 9.96. The molecular formula is C18H29N3O. The number of nitrogens with one attached hydrogen (secondary N) is 1. The monoisotopic (exact) mass is 303 g/mol. The highest BCUT2D eigenvalue weighted by atomic mass is 16.5. The van der Waals surface area contributed by atoms with Crippen LogP contribution >= 0.6 is 0 Å². The van der Waals surface area contributed by atoms with Gasteiger partial charge in [0.15, 0.2) is 0 Å². The van der Waals surface area contributed by atoms with E-state index in [4.69, 9.17) is 4.74 Å². The van der Waals surface area contributed by atoms with Crippen LogP contribution in [-0.2, 0) is 19.5 Å². The van der Waals surface area contributed by atoms with E-state index in [0.717, 1.165) is 58.2 Å². The molecule has 0 bridgehead atoms. The van der Waals surface area contributed by atoms with Crippen LogP contribution in [0.5, 0.6) is 5.75 Å². The number of likely N-dealkylation sites (N-methyl/N-ethyl adjacent to an activating group) is 1. The molecule has 1 saturated heterocycles. The van der Waals surface area contributed by atoms with Crippen molar-refractivity contribution in [1.82, 2.24) is 15.1 Å². The van der Waals surface area contributed by atoms with Gasteiger partial charge >= 0.3 is 0 Å². The van der Waals surface area contributed by atoms with Crippen LogP contribution < -0.4 is 10.1 Å². The van der Waals surface area contributed by atoms with E-state index in [9.17, 15) is 0 Å². The zero-order chi connectivity index (χ0) is 15.4. The van der Waals surface area contributed by atoms with Crippen molar-refractivity contribution in [1.29, 1.82) is 0 Å². The summed E-state index contributed by atoms with van der Waals surface area (Å²) in [7, 11) is 0. The number of ether oxygens (including phenoxy) is 1. The Kier molecular flexibility index (Phi) is 5.34. The van der Waals surface area contributed by atoms with Crippen molar-refractivity contribution in [2.45, 2.75) is 33.4 Å². The summed E-state index contributed by atoms with van der Waals surface area (Å²) in [4.78, 5) is 5.04. The highest BCUT2D eigenvalue weighted by Crippen LogP contribution is 2.29. The number of rotatable bonds is 5. The van der Waals surface area contributed by atoms with E-state index in [1.54, 1.807) is 0 Å². The van der Waals surface area contributed by atoms with E-state index in [0.29, 0.717) is 0 Å². The molecule has 0 aromatic heterocycles. The van der Waals surface area contributed by atoms with Gasteiger partial charge in [-0.25, -0.2) is 0 Å². The Morgan fingerprint density at radius 2 is 1.86 bits per heavy atom.